The van der Waals surface area contributed by atoms with Crippen LogP contribution in [0.15, 0.2) is 22.7 Å². The van der Waals surface area contributed by atoms with E-state index in [2.05, 4.69) is 15.9 Å². The minimum atomic E-state index is -3.17. The summed E-state index contributed by atoms with van der Waals surface area (Å²) in [6.45, 7) is 3.51. The van der Waals surface area contributed by atoms with Crippen LogP contribution in [0.3, 0.4) is 0 Å². The Bertz CT molecular complexity index is 602. The van der Waals surface area contributed by atoms with E-state index in [4.69, 9.17) is 0 Å². The van der Waals surface area contributed by atoms with Gasteiger partial charge < -0.3 is 4.90 Å². The maximum Gasteiger partial charge on any atom is 0.253 e. The number of halogens is 1. The van der Waals surface area contributed by atoms with Crippen molar-refractivity contribution in [3.8, 4) is 0 Å². The Kier molecular flexibility index (Phi) is 4.51. The van der Waals surface area contributed by atoms with Crippen molar-refractivity contribution < 1.29 is 13.2 Å². The van der Waals surface area contributed by atoms with Gasteiger partial charge in [-0.3, -0.25) is 4.79 Å². The topological polar surface area (TPSA) is 57.7 Å². The zero-order chi connectivity index (χ0) is 14.9. The number of piperazine rings is 1. The molecule has 1 aromatic carbocycles. The van der Waals surface area contributed by atoms with Crippen molar-refractivity contribution in [1.29, 1.82) is 0 Å². The van der Waals surface area contributed by atoms with E-state index < -0.39 is 10.0 Å². The summed E-state index contributed by atoms with van der Waals surface area (Å²) in [4.78, 5) is 14.1. The zero-order valence-corrected chi connectivity index (χ0v) is 13.9. The fourth-order valence-corrected chi connectivity index (χ4v) is 3.70. The lowest BCUT2D eigenvalue weighted by Gasteiger charge is -2.33. The number of aryl methyl sites for hydroxylation is 1. The van der Waals surface area contributed by atoms with Crippen LogP contribution < -0.4 is 0 Å². The van der Waals surface area contributed by atoms with Crippen LogP contribution in [0.1, 0.15) is 15.9 Å². The van der Waals surface area contributed by atoms with Crippen LogP contribution in [-0.2, 0) is 10.0 Å². The van der Waals surface area contributed by atoms with Crippen LogP contribution in [0.5, 0.6) is 0 Å². The Hall–Kier alpha value is -0.920. The molecule has 0 N–H and O–H groups in total. The fourth-order valence-electron chi connectivity index (χ4n) is 2.27. The summed E-state index contributed by atoms with van der Waals surface area (Å²) in [6, 6.07) is 5.58. The highest BCUT2D eigenvalue weighted by Gasteiger charge is 2.26. The van der Waals surface area contributed by atoms with Gasteiger partial charge in [0, 0.05) is 36.2 Å². The van der Waals surface area contributed by atoms with Crippen LogP contribution in [0, 0.1) is 6.92 Å². The van der Waals surface area contributed by atoms with E-state index in [0.29, 0.717) is 31.7 Å². The Morgan fingerprint density at radius 3 is 2.25 bits per heavy atom. The largest absolute Gasteiger partial charge is 0.336 e. The van der Waals surface area contributed by atoms with Gasteiger partial charge in [-0.15, -0.1) is 0 Å². The van der Waals surface area contributed by atoms with Crippen molar-refractivity contribution in [3.63, 3.8) is 0 Å². The lowest BCUT2D eigenvalue weighted by atomic mass is 10.1. The predicted molar refractivity (Wildman–Crippen MR) is 81.2 cm³/mol. The molecule has 1 saturated heterocycles. The predicted octanol–water partition coefficient (Wildman–Crippen LogP) is 1.47. The molecule has 5 nitrogen and oxygen atoms in total. The number of amides is 1. The van der Waals surface area contributed by atoms with E-state index in [0.717, 1.165) is 10.0 Å². The second kappa shape index (κ2) is 5.83. The van der Waals surface area contributed by atoms with Crippen LogP contribution in [-0.4, -0.2) is 56.0 Å². The van der Waals surface area contributed by atoms with Gasteiger partial charge in [0.1, 0.15) is 0 Å². The number of nitrogens with zero attached hydrogens (tertiary/aromatic N) is 2. The third-order valence-corrected chi connectivity index (χ3v) is 5.04. The molecule has 2 rings (SSSR count). The summed E-state index contributed by atoms with van der Waals surface area (Å²) in [5.74, 6) is -0.0532. The number of carbonyl (C=O) groups is 1. The molecule has 0 saturated carbocycles. The molecule has 1 fully saturated rings. The van der Waals surface area contributed by atoms with E-state index in [-0.39, 0.29) is 5.91 Å². The SMILES string of the molecule is Cc1cc(Br)cc(C(=O)N2CCN(S(C)(=O)=O)CC2)c1. The lowest BCUT2D eigenvalue weighted by molar-refractivity contribution is 0.0698. The Morgan fingerprint density at radius 1 is 1.15 bits per heavy atom. The summed E-state index contributed by atoms with van der Waals surface area (Å²) in [6.07, 6.45) is 1.20. The van der Waals surface area contributed by atoms with Gasteiger partial charge in [0.05, 0.1) is 6.26 Å². The molecule has 0 aliphatic carbocycles. The Morgan fingerprint density at radius 2 is 1.75 bits per heavy atom. The van der Waals surface area contributed by atoms with Crippen LogP contribution in [0.4, 0.5) is 0 Å². The normalized spacial score (nSPS) is 17.2. The van der Waals surface area contributed by atoms with E-state index in [9.17, 15) is 13.2 Å². The van der Waals surface area contributed by atoms with Crippen molar-refractivity contribution in [2.75, 3.05) is 32.4 Å². The van der Waals surface area contributed by atoms with Gasteiger partial charge >= 0.3 is 0 Å². The summed E-state index contributed by atoms with van der Waals surface area (Å²) in [5.41, 5.74) is 1.64. The van der Waals surface area contributed by atoms with Crippen molar-refractivity contribution in [1.82, 2.24) is 9.21 Å². The molecule has 110 valence electrons. The number of carbonyl (C=O) groups excluding carboxylic acids is 1. The molecule has 0 bridgehead atoms. The van der Waals surface area contributed by atoms with Gasteiger partial charge in [0.25, 0.3) is 5.91 Å². The van der Waals surface area contributed by atoms with Gasteiger partial charge in [-0.05, 0) is 30.7 Å². The molecule has 0 radical (unpaired) electrons. The zero-order valence-electron chi connectivity index (χ0n) is 11.5. The van der Waals surface area contributed by atoms with Gasteiger partial charge in [0.15, 0.2) is 0 Å². The Labute approximate surface area is 127 Å². The van der Waals surface area contributed by atoms with Crippen molar-refractivity contribution >= 4 is 31.9 Å². The quantitative estimate of drug-likeness (QED) is 0.802. The number of hydrogen-bond acceptors (Lipinski definition) is 3. The van der Waals surface area contributed by atoms with Gasteiger partial charge in [-0.1, -0.05) is 15.9 Å². The summed E-state index contributed by atoms with van der Waals surface area (Å²) in [7, 11) is -3.17. The molecule has 7 heteroatoms. The minimum absolute atomic E-state index is 0.0532. The van der Waals surface area contributed by atoms with Crippen LogP contribution in [0.2, 0.25) is 0 Å². The summed E-state index contributed by atoms with van der Waals surface area (Å²) >= 11 is 3.38. The highest BCUT2D eigenvalue weighted by atomic mass is 79.9. The van der Waals surface area contributed by atoms with Crippen molar-refractivity contribution in [3.05, 3.63) is 33.8 Å². The monoisotopic (exact) mass is 360 g/mol. The van der Waals surface area contributed by atoms with Crippen LogP contribution >= 0.6 is 15.9 Å². The van der Waals surface area contributed by atoms with Gasteiger partial charge in [-0.2, -0.15) is 4.31 Å². The first kappa shape index (κ1) is 15.5. The highest BCUT2D eigenvalue weighted by molar-refractivity contribution is 9.10. The van der Waals surface area contributed by atoms with Gasteiger partial charge in [-0.25, -0.2) is 8.42 Å². The Balaban J connectivity index is 2.09. The average Bonchev–Trinajstić information content (AvgIpc) is 2.36. The third-order valence-electron chi connectivity index (χ3n) is 3.28. The number of rotatable bonds is 2. The van der Waals surface area contributed by atoms with Crippen molar-refractivity contribution in [2.45, 2.75) is 6.92 Å². The maximum absolute atomic E-state index is 12.4. The fraction of sp³-hybridized carbons (Fsp3) is 0.462. The molecule has 0 atom stereocenters. The second-order valence-corrected chi connectivity index (χ2v) is 7.87. The van der Waals surface area contributed by atoms with E-state index in [1.165, 1.54) is 10.6 Å². The standard InChI is InChI=1S/C13H17BrN2O3S/c1-10-7-11(9-12(14)8-10)13(17)15-3-5-16(6-4-15)20(2,18)19/h7-9H,3-6H2,1-2H3. The van der Waals surface area contributed by atoms with Gasteiger partial charge in [0.2, 0.25) is 10.0 Å². The first-order valence-corrected chi connectivity index (χ1v) is 8.93. The minimum Gasteiger partial charge on any atom is -0.336 e. The molecule has 1 aromatic rings. The summed E-state index contributed by atoms with van der Waals surface area (Å²) < 4.78 is 25.2. The average molecular weight is 361 g/mol. The van der Waals surface area contributed by atoms with E-state index in [1.54, 1.807) is 11.0 Å². The maximum atomic E-state index is 12.4. The third kappa shape index (κ3) is 3.59. The number of benzene rings is 1. The first-order chi connectivity index (χ1) is 9.27. The lowest BCUT2D eigenvalue weighted by Crippen LogP contribution is -2.50. The highest BCUT2D eigenvalue weighted by Crippen LogP contribution is 2.18. The second-order valence-electron chi connectivity index (χ2n) is 4.97. The van der Waals surface area contributed by atoms with E-state index in [1.807, 2.05) is 19.1 Å². The van der Waals surface area contributed by atoms with E-state index >= 15 is 0 Å². The number of hydrogen-bond donors (Lipinski definition) is 0. The molecule has 1 heterocycles. The summed E-state index contributed by atoms with van der Waals surface area (Å²) in [5, 5.41) is 0. The smallest absolute Gasteiger partial charge is 0.253 e. The molecular weight excluding hydrogens is 344 g/mol. The van der Waals surface area contributed by atoms with Crippen molar-refractivity contribution in [2.24, 2.45) is 0 Å². The molecule has 0 unspecified atom stereocenters. The molecule has 1 amide bonds. The molecule has 1 aliphatic rings. The molecular formula is C13H17BrN2O3S. The number of sulfonamides is 1. The molecule has 1 aliphatic heterocycles. The molecule has 0 spiro atoms. The first-order valence-electron chi connectivity index (χ1n) is 6.29. The van der Waals surface area contributed by atoms with Crippen LogP contribution in [0.25, 0.3) is 0 Å². The molecule has 0 aromatic heterocycles. The molecule has 20 heavy (non-hydrogen) atoms.